The molecule has 0 saturated heterocycles. The van der Waals surface area contributed by atoms with E-state index in [2.05, 4.69) is 19.2 Å². The van der Waals surface area contributed by atoms with Crippen molar-refractivity contribution in [3.63, 3.8) is 0 Å². The Morgan fingerprint density at radius 1 is 0.818 bits per heavy atom. The zero-order valence-electron chi connectivity index (χ0n) is 19.8. The van der Waals surface area contributed by atoms with Gasteiger partial charge in [0, 0.05) is 19.5 Å². The summed E-state index contributed by atoms with van der Waals surface area (Å²) in [7, 11) is 0. The summed E-state index contributed by atoms with van der Waals surface area (Å²) >= 11 is 0. The van der Waals surface area contributed by atoms with Gasteiger partial charge in [0.05, 0.1) is 6.42 Å². The van der Waals surface area contributed by atoms with Crippen molar-refractivity contribution in [1.29, 1.82) is 0 Å². The lowest BCUT2D eigenvalue weighted by Crippen LogP contribution is -2.51. The van der Waals surface area contributed by atoms with E-state index in [9.17, 15) is 9.59 Å². The second-order valence-corrected chi connectivity index (χ2v) is 8.96. The fourth-order valence-corrected chi connectivity index (χ4v) is 3.83. The van der Waals surface area contributed by atoms with Gasteiger partial charge >= 0.3 is 0 Å². The summed E-state index contributed by atoms with van der Waals surface area (Å²) in [6.45, 7) is 7.11. The van der Waals surface area contributed by atoms with Crippen molar-refractivity contribution in [2.75, 3.05) is 6.54 Å². The average molecular weight is 443 g/mol. The van der Waals surface area contributed by atoms with Crippen molar-refractivity contribution >= 4 is 11.8 Å². The zero-order valence-corrected chi connectivity index (χ0v) is 19.8. The lowest BCUT2D eigenvalue weighted by molar-refractivity contribution is -0.140. The fraction of sp³-hybridized carbons (Fsp3) is 0.310. The van der Waals surface area contributed by atoms with Gasteiger partial charge in [-0.05, 0) is 35.1 Å². The molecule has 33 heavy (non-hydrogen) atoms. The number of aryl methyl sites for hydroxylation is 1. The fourth-order valence-electron chi connectivity index (χ4n) is 3.83. The van der Waals surface area contributed by atoms with Crippen LogP contribution in [0.2, 0.25) is 0 Å². The normalized spacial score (nSPS) is 11.8. The number of benzene rings is 3. The number of amides is 2. The van der Waals surface area contributed by atoms with Crippen LogP contribution in [0.1, 0.15) is 36.1 Å². The minimum Gasteiger partial charge on any atom is -0.354 e. The molecule has 0 radical (unpaired) electrons. The summed E-state index contributed by atoms with van der Waals surface area (Å²) in [6.07, 6.45) is 0.735. The molecule has 0 heterocycles. The first-order valence-corrected chi connectivity index (χ1v) is 11.6. The van der Waals surface area contributed by atoms with Crippen LogP contribution in [0.5, 0.6) is 0 Å². The monoisotopic (exact) mass is 442 g/mol. The molecule has 3 aromatic carbocycles. The Labute approximate surface area is 197 Å². The Morgan fingerprint density at radius 2 is 1.39 bits per heavy atom. The molecule has 0 aromatic heterocycles. The van der Waals surface area contributed by atoms with Crippen molar-refractivity contribution < 1.29 is 9.59 Å². The van der Waals surface area contributed by atoms with Crippen LogP contribution < -0.4 is 5.32 Å². The summed E-state index contributed by atoms with van der Waals surface area (Å²) in [5.41, 5.74) is 4.10. The summed E-state index contributed by atoms with van der Waals surface area (Å²) in [5, 5.41) is 3.07. The Bertz CT molecular complexity index is 1030. The van der Waals surface area contributed by atoms with Gasteiger partial charge in [0.1, 0.15) is 6.04 Å². The molecule has 4 nitrogen and oxygen atoms in total. The number of hydrogen-bond acceptors (Lipinski definition) is 2. The van der Waals surface area contributed by atoms with E-state index in [1.807, 2.05) is 91.9 Å². The predicted molar refractivity (Wildman–Crippen MR) is 134 cm³/mol. The summed E-state index contributed by atoms with van der Waals surface area (Å²) in [6, 6.07) is 27.1. The van der Waals surface area contributed by atoms with Crippen LogP contribution in [0.15, 0.2) is 84.9 Å². The molecule has 0 bridgehead atoms. The van der Waals surface area contributed by atoms with Crippen molar-refractivity contribution in [3.8, 4) is 0 Å². The van der Waals surface area contributed by atoms with Crippen LogP contribution in [0.4, 0.5) is 0 Å². The minimum atomic E-state index is -0.595. The molecule has 172 valence electrons. The maximum absolute atomic E-state index is 13.7. The van der Waals surface area contributed by atoms with Gasteiger partial charge in [-0.1, -0.05) is 98.8 Å². The first kappa shape index (κ1) is 24.2. The Kier molecular flexibility index (Phi) is 8.82. The molecule has 0 aliphatic heterocycles. The van der Waals surface area contributed by atoms with Crippen molar-refractivity contribution in [3.05, 3.63) is 107 Å². The summed E-state index contributed by atoms with van der Waals surface area (Å²) in [5.74, 6) is 0.173. The van der Waals surface area contributed by atoms with Gasteiger partial charge in [-0.15, -0.1) is 0 Å². The molecule has 2 amide bonds. The Morgan fingerprint density at radius 3 is 2.00 bits per heavy atom. The van der Waals surface area contributed by atoms with E-state index in [0.29, 0.717) is 25.4 Å². The molecular weight excluding hydrogens is 408 g/mol. The highest BCUT2D eigenvalue weighted by atomic mass is 16.2. The van der Waals surface area contributed by atoms with Gasteiger partial charge in [0.15, 0.2) is 0 Å². The Hall–Kier alpha value is -3.40. The van der Waals surface area contributed by atoms with Gasteiger partial charge in [-0.3, -0.25) is 9.59 Å². The zero-order chi connectivity index (χ0) is 23.6. The number of carbonyl (C=O) groups is 2. The highest BCUT2D eigenvalue weighted by Crippen LogP contribution is 2.18. The molecule has 3 aromatic rings. The summed E-state index contributed by atoms with van der Waals surface area (Å²) < 4.78 is 0. The standard InChI is InChI=1S/C29H34N2O2/c1-22(2)20-30-29(33)27(18-24-13-6-4-7-14-24)31(21-25-15-8-5-9-16-25)28(32)19-26-17-11-10-12-23(26)3/h4-17,22,27H,18-21H2,1-3H3,(H,30,33)/t27-/m1/s1. The molecule has 0 fully saturated rings. The van der Waals surface area contributed by atoms with E-state index < -0.39 is 6.04 Å². The van der Waals surface area contributed by atoms with Crippen molar-refractivity contribution in [2.45, 2.75) is 46.2 Å². The van der Waals surface area contributed by atoms with E-state index in [1.165, 1.54) is 0 Å². The molecule has 4 heteroatoms. The van der Waals surface area contributed by atoms with Gasteiger partial charge in [0.25, 0.3) is 0 Å². The molecule has 0 saturated carbocycles. The number of rotatable bonds is 10. The van der Waals surface area contributed by atoms with E-state index in [0.717, 1.165) is 22.3 Å². The Balaban J connectivity index is 1.94. The van der Waals surface area contributed by atoms with E-state index >= 15 is 0 Å². The number of nitrogens with zero attached hydrogens (tertiary/aromatic N) is 1. The third-order valence-corrected chi connectivity index (χ3v) is 5.75. The molecule has 0 spiro atoms. The van der Waals surface area contributed by atoms with E-state index in [-0.39, 0.29) is 18.2 Å². The maximum Gasteiger partial charge on any atom is 0.243 e. The smallest absolute Gasteiger partial charge is 0.243 e. The number of carbonyl (C=O) groups excluding carboxylic acids is 2. The SMILES string of the molecule is Cc1ccccc1CC(=O)N(Cc1ccccc1)[C@H](Cc1ccccc1)C(=O)NCC(C)C. The lowest BCUT2D eigenvalue weighted by atomic mass is 10.00. The van der Waals surface area contributed by atoms with E-state index in [4.69, 9.17) is 0 Å². The van der Waals surface area contributed by atoms with Gasteiger partial charge in [0.2, 0.25) is 11.8 Å². The van der Waals surface area contributed by atoms with Gasteiger partial charge in [-0.2, -0.15) is 0 Å². The molecule has 0 unspecified atom stereocenters. The van der Waals surface area contributed by atoms with Crippen molar-refractivity contribution in [1.82, 2.24) is 10.2 Å². The highest BCUT2D eigenvalue weighted by Gasteiger charge is 2.30. The molecular formula is C29H34N2O2. The number of hydrogen-bond donors (Lipinski definition) is 1. The van der Waals surface area contributed by atoms with Gasteiger partial charge in [-0.25, -0.2) is 0 Å². The molecule has 0 aliphatic carbocycles. The second-order valence-electron chi connectivity index (χ2n) is 8.96. The quantitative estimate of drug-likeness (QED) is 0.483. The third kappa shape index (κ3) is 7.31. The minimum absolute atomic E-state index is 0.0474. The largest absolute Gasteiger partial charge is 0.354 e. The highest BCUT2D eigenvalue weighted by molar-refractivity contribution is 5.89. The molecule has 0 aliphatic rings. The molecule has 1 N–H and O–H groups in total. The average Bonchev–Trinajstić information content (AvgIpc) is 2.82. The van der Waals surface area contributed by atoms with Crippen LogP contribution >= 0.6 is 0 Å². The van der Waals surface area contributed by atoms with Crippen molar-refractivity contribution in [2.24, 2.45) is 5.92 Å². The summed E-state index contributed by atoms with van der Waals surface area (Å²) in [4.78, 5) is 28.8. The molecule has 1 atom stereocenters. The van der Waals surface area contributed by atoms with E-state index in [1.54, 1.807) is 4.90 Å². The van der Waals surface area contributed by atoms with Crippen LogP contribution in [0, 0.1) is 12.8 Å². The second kappa shape index (κ2) is 12.0. The van der Waals surface area contributed by atoms with Crippen LogP contribution in [0.25, 0.3) is 0 Å². The third-order valence-electron chi connectivity index (χ3n) is 5.75. The first-order valence-electron chi connectivity index (χ1n) is 11.6. The molecule has 3 rings (SSSR count). The van der Waals surface area contributed by atoms with Crippen LogP contribution in [0.3, 0.4) is 0 Å². The first-order chi connectivity index (χ1) is 15.9. The van der Waals surface area contributed by atoms with Gasteiger partial charge < -0.3 is 10.2 Å². The maximum atomic E-state index is 13.7. The topological polar surface area (TPSA) is 49.4 Å². The van der Waals surface area contributed by atoms with Crippen LogP contribution in [-0.2, 0) is 29.0 Å². The lowest BCUT2D eigenvalue weighted by Gasteiger charge is -2.32. The van der Waals surface area contributed by atoms with Crippen LogP contribution in [-0.4, -0.2) is 29.3 Å². The number of nitrogens with one attached hydrogen (secondary N) is 1. The predicted octanol–water partition coefficient (Wildman–Crippen LogP) is 4.95.